The molecule has 0 aliphatic rings. The number of nitrogens with zero attached hydrogens (tertiary/aromatic N) is 4. The summed E-state index contributed by atoms with van der Waals surface area (Å²) in [4.78, 5) is 0.0368. The van der Waals surface area contributed by atoms with Crippen molar-refractivity contribution in [2.45, 2.75) is 6.18 Å². The molecule has 0 saturated heterocycles. The van der Waals surface area contributed by atoms with Gasteiger partial charge in [0, 0.05) is 5.56 Å². The number of aromatic hydroxyl groups is 1. The van der Waals surface area contributed by atoms with Crippen molar-refractivity contribution in [2.75, 3.05) is 0 Å². The molecule has 0 aliphatic carbocycles. The normalized spacial score (nSPS) is 12.2. The lowest BCUT2D eigenvalue weighted by Gasteiger charge is -2.01. The van der Waals surface area contributed by atoms with Gasteiger partial charge in [-0.15, -0.1) is 10.2 Å². The Morgan fingerprint density at radius 2 is 2.00 bits per heavy atom. The molecule has 0 amide bonds. The fourth-order valence-electron chi connectivity index (χ4n) is 1.56. The molecular formula is C10H4BrF3N4OS. The van der Waals surface area contributed by atoms with E-state index in [1.165, 1.54) is 6.07 Å². The van der Waals surface area contributed by atoms with Crippen LogP contribution in [0.5, 0.6) is 5.75 Å². The average Bonchev–Trinajstić information content (AvgIpc) is 2.90. The molecule has 3 aromatic rings. The molecule has 10 heteroatoms. The first-order chi connectivity index (χ1) is 9.36. The van der Waals surface area contributed by atoms with E-state index in [9.17, 15) is 18.3 Å². The second-order valence-corrected chi connectivity index (χ2v) is 5.60. The Morgan fingerprint density at radius 3 is 2.65 bits per heavy atom. The van der Waals surface area contributed by atoms with Gasteiger partial charge in [0.2, 0.25) is 4.96 Å². The molecule has 1 aromatic carbocycles. The van der Waals surface area contributed by atoms with Gasteiger partial charge >= 0.3 is 6.18 Å². The molecule has 0 aliphatic heterocycles. The quantitative estimate of drug-likeness (QED) is 0.719. The maximum absolute atomic E-state index is 12.7. The topological polar surface area (TPSA) is 63.3 Å². The first-order valence-corrected chi connectivity index (χ1v) is 6.75. The van der Waals surface area contributed by atoms with Gasteiger partial charge < -0.3 is 5.11 Å². The molecule has 0 saturated carbocycles. The minimum Gasteiger partial charge on any atom is -0.507 e. The molecule has 0 fully saturated rings. The molecule has 3 rings (SSSR count). The van der Waals surface area contributed by atoms with Crippen LogP contribution in [0.25, 0.3) is 15.5 Å². The van der Waals surface area contributed by atoms with E-state index in [0.717, 1.165) is 11.3 Å². The number of aromatic nitrogens is 4. The molecule has 2 heterocycles. The zero-order chi connectivity index (χ0) is 14.5. The number of halogens is 4. The maximum Gasteiger partial charge on any atom is 0.453 e. The van der Waals surface area contributed by atoms with E-state index < -0.39 is 12.0 Å². The van der Waals surface area contributed by atoms with Gasteiger partial charge in [0.25, 0.3) is 5.82 Å². The highest BCUT2D eigenvalue weighted by Gasteiger charge is 2.38. The molecule has 0 bridgehead atoms. The average molecular weight is 365 g/mol. The SMILES string of the molecule is Oc1cc(-c2nn3c(C(F)(F)F)nnc3s2)ccc1Br. The summed E-state index contributed by atoms with van der Waals surface area (Å²) in [6, 6.07) is 4.61. The first-order valence-electron chi connectivity index (χ1n) is 5.14. The van der Waals surface area contributed by atoms with Crippen molar-refractivity contribution in [3.63, 3.8) is 0 Å². The Labute approximate surface area is 121 Å². The number of fused-ring (bicyclic) bond motifs is 1. The lowest BCUT2D eigenvalue weighted by atomic mass is 10.2. The van der Waals surface area contributed by atoms with E-state index >= 15 is 0 Å². The van der Waals surface area contributed by atoms with Crippen molar-refractivity contribution >= 4 is 32.2 Å². The lowest BCUT2D eigenvalue weighted by molar-refractivity contribution is -0.146. The van der Waals surface area contributed by atoms with Crippen LogP contribution in [0.3, 0.4) is 0 Å². The van der Waals surface area contributed by atoms with Gasteiger partial charge in [-0.2, -0.15) is 22.8 Å². The third kappa shape index (κ3) is 2.14. The van der Waals surface area contributed by atoms with Crippen molar-refractivity contribution < 1.29 is 18.3 Å². The van der Waals surface area contributed by atoms with Crippen molar-refractivity contribution in [3.8, 4) is 16.3 Å². The molecule has 0 unspecified atom stereocenters. The summed E-state index contributed by atoms with van der Waals surface area (Å²) in [5.74, 6) is -1.19. The molecule has 2 aromatic heterocycles. The summed E-state index contributed by atoms with van der Waals surface area (Å²) in [5, 5.41) is 20.3. The zero-order valence-electron chi connectivity index (χ0n) is 9.39. The van der Waals surface area contributed by atoms with Gasteiger partial charge in [-0.25, -0.2) is 0 Å². The number of benzene rings is 1. The smallest absolute Gasteiger partial charge is 0.453 e. The largest absolute Gasteiger partial charge is 0.507 e. The van der Waals surface area contributed by atoms with Gasteiger partial charge in [0.05, 0.1) is 4.47 Å². The van der Waals surface area contributed by atoms with Gasteiger partial charge in [-0.3, -0.25) is 0 Å². The van der Waals surface area contributed by atoms with E-state index in [2.05, 4.69) is 31.2 Å². The number of phenolic OH excluding ortho intramolecular Hbond substituents is 1. The number of hydrogen-bond donors (Lipinski definition) is 1. The van der Waals surface area contributed by atoms with Crippen LogP contribution in [0.4, 0.5) is 13.2 Å². The molecule has 0 radical (unpaired) electrons. The van der Waals surface area contributed by atoms with Crippen LogP contribution in [0.2, 0.25) is 0 Å². The summed E-state index contributed by atoms with van der Waals surface area (Å²) in [6.07, 6.45) is -4.62. The molecule has 1 N–H and O–H groups in total. The van der Waals surface area contributed by atoms with Crippen molar-refractivity contribution in [2.24, 2.45) is 0 Å². The van der Waals surface area contributed by atoms with E-state index in [-0.39, 0.29) is 10.7 Å². The molecule has 0 spiro atoms. The molecule has 5 nitrogen and oxygen atoms in total. The number of hydrogen-bond acceptors (Lipinski definition) is 5. The predicted molar refractivity (Wildman–Crippen MR) is 68.5 cm³/mol. The van der Waals surface area contributed by atoms with Gasteiger partial charge in [0.15, 0.2) is 0 Å². The fraction of sp³-hybridized carbons (Fsp3) is 0.100. The Bertz CT molecular complexity index is 797. The highest BCUT2D eigenvalue weighted by molar-refractivity contribution is 9.10. The van der Waals surface area contributed by atoms with Crippen LogP contribution in [-0.4, -0.2) is 24.9 Å². The number of rotatable bonds is 1. The second-order valence-electron chi connectivity index (χ2n) is 3.79. The zero-order valence-corrected chi connectivity index (χ0v) is 11.8. The summed E-state index contributed by atoms with van der Waals surface area (Å²) in [7, 11) is 0. The van der Waals surface area contributed by atoms with Gasteiger partial charge in [-0.1, -0.05) is 17.4 Å². The highest BCUT2D eigenvalue weighted by atomic mass is 79.9. The molecule has 104 valence electrons. The Balaban J connectivity index is 2.14. The molecular weight excluding hydrogens is 361 g/mol. The Kier molecular flexibility index (Phi) is 2.94. The Morgan fingerprint density at radius 1 is 1.25 bits per heavy atom. The maximum atomic E-state index is 12.7. The predicted octanol–water partition coefficient (Wildman–Crippen LogP) is 3.34. The minimum atomic E-state index is -4.62. The fourth-order valence-corrected chi connectivity index (χ4v) is 2.64. The minimum absolute atomic E-state index is 0.0236. The van der Waals surface area contributed by atoms with Crippen LogP contribution < -0.4 is 0 Å². The van der Waals surface area contributed by atoms with Gasteiger partial charge in [-0.05, 0) is 28.1 Å². The second kappa shape index (κ2) is 4.42. The van der Waals surface area contributed by atoms with Crippen LogP contribution >= 0.6 is 27.3 Å². The highest BCUT2D eigenvalue weighted by Crippen LogP contribution is 2.34. The monoisotopic (exact) mass is 364 g/mol. The summed E-state index contributed by atoms with van der Waals surface area (Å²) in [5.41, 5.74) is 0.495. The van der Waals surface area contributed by atoms with E-state index in [1.54, 1.807) is 12.1 Å². The lowest BCUT2D eigenvalue weighted by Crippen LogP contribution is -2.11. The first kappa shape index (κ1) is 13.3. The summed E-state index contributed by atoms with van der Waals surface area (Å²) < 4.78 is 39.2. The number of phenols is 1. The third-order valence-electron chi connectivity index (χ3n) is 2.44. The molecule has 20 heavy (non-hydrogen) atoms. The summed E-state index contributed by atoms with van der Waals surface area (Å²) >= 11 is 4.08. The van der Waals surface area contributed by atoms with E-state index in [4.69, 9.17) is 0 Å². The van der Waals surface area contributed by atoms with E-state index in [0.29, 0.717) is 19.6 Å². The number of alkyl halides is 3. The van der Waals surface area contributed by atoms with Crippen molar-refractivity contribution in [1.29, 1.82) is 0 Å². The molecule has 0 atom stereocenters. The van der Waals surface area contributed by atoms with E-state index in [1.807, 2.05) is 0 Å². The van der Waals surface area contributed by atoms with Gasteiger partial charge in [0.1, 0.15) is 10.8 Å². The van der Waals surface area contributed by atoms with Crippen molar-refractivity contribution in [1.82, 2.24) is 19.8 Å². The van der Waals surface area contributed by atoms with Crippen LogP contribution in [-0.2, 0) is 6.18 Å². The third-order valence-corrected chi connectivity index (χ3v) is 4.06. The van der Waals surface area contributed by atoms with Crippen molar-refractivity contribution in [3.05, 3.63) is 28.5 Å². The summed E-state index contributed by atoms with van der Waals surface area (Å²) in [6.45, 7) is 0. The standard InChI is InChI=1S/C10H4BrF3N4OS/c11-5-2-1-4(3-6(5)19)7-17-18-8(10(12,13)14)15-16-9(18)20-7/h1-3,19H. The Hall–Kier alpha value is -1.68. The van der Waals surface area contributed by atoms with Crippen LogP contribution in [0.1, 0.15) is 5.82 Å². The van der Waals surface area contributed by atoms with Crippen LogP contribution in [0, 0.1) is 0 Å². The van der Waals surface area contributed by atoms with Crippen LogP contribution in [0.15, 0.2) is 22.7 Å².